The van der Waals surface area contributed by atoms with Crippen molar-refractivity contribution in [2.24, 2.45) is 10.7 Å². The van der Waals surface area contributed by atoms with E-state index in [0.717, 1.165) is 0 Å². The summed E-state index contributed by atoms with van der Waals surface area (Å²) in [5.74, 6) is 0.153. The molecular weight excluding hydrogens is 186 g/mol. The quantitative estimate of drug-likeness (QED) is 0.572. The minimum Gasteiger partial charge on any atom is -0.387 e. The Bertz CT molecular complexity index is 380. The minimum atomic E-state index is 0.153. The molecular formula is C12H17N3. The van der Waals surface area contributed by atoms with Crippen LogP contribution >= 0.6 is 0 Å². The van der Waals surface area contributed by atoms with Gasteiger partial charge in [0.2, 0.25) is 0 Å². The smallest absolute Gasteiger partial charge is 0.0959 e. The third kappa shape index (κ3) is 3.54. The first-order chi connectivity index (χ1) is 7.11. The number of amidine groups is 1. The minimum absolute atomic E-state index is 0.153. The lowest BCUT2D eigenvalue weighted by Gasteiger charge is -2.05. The van der Waals surface area contributed by atoms with Crippen molar-refractivity contribution in [3.8, 4) is 0 Å². The lowest BCUT2D eigenvalue weighted by atomic mass is 10.0. The van der Waals surface area contributed by atoms with E-state index < -0.39 is 0 Å². The number of aliphatic imine (C=N–C) groups is 1. The summed E-state index contributed by atoms with van der Waals surface area (Å²) < 4.78 is 0. The number of nitrogens with one attached hydrogen (secondary N) is 1. The van der Waals surface area contributed by atoms with Crippen LogP contribution in [-0.2, 0) is 6.54 Å². The number of nitrogens with zero attached hydrogens (tertiary/aromatic N) is 1. The van der Waals surface area contributed by atoms with Crippen LogP contribution in [0.3, 0.4) is 0 Å². The average Bonchev–Trinajstić information content (AvgIpc) is 2.18. The van der Waals surface area contributed by atoms with Gasteiger partial charge < -0.3 is 5.73 Å². The van der Waals surface area contributed by atoms with Gasteiger partial charge in [0.1, 0.15) is 0 Å². The van der Waals surface area contributed by atoms with Crippen LogP contribution in [0.5, 0.6) is 0 Å². The first kappa shape index (κ1) is 11.4. The molecule has 0 aliphatic rings. The van der Waals surface area contributed by atoms with Crippen LogP contribution in [-0.4, -0.2) is 12.1 Å². The second-order valence-electron chi connectivity index (χ2n) is 3.61. The van der Waals surface area contributed by atoms with Crippen molar-refractivity contribution in [1.82, 2.24) is 0 Å². The first-order valence-electron chi connectivity index (χ1n) is 4.97. The maximum Gasteiger partial charge on any atom is 0.0959 e. The number of hydrogen-bond donors (Lipinski definition) is 2. The van der Waals surface area contributed by atoms with Crippen molar-refractivity contribution in [2.75, 3.05) is 0 Å². The van der Waals surface area contributed by atoms with Crippen LogP contribution in [0.15, 0.2) is 23.2 Å². The molecule has 0 bridgehead atoms. The van der Waals surface area contributed by atoms with Gasteiger partial charge in [-0.2, -0.15) is 0 Å². The van der Waals surface area contributed by atoms with E-state index in [-0.39, 0.29) is 5.84 Å². The van der Waals surface area contributed by atoms with E-state index in [1.807, 2.05) is 6.07 Å². The Morgan fingerprint density at radius 2 is 2.20 bits per heavy atom. The highest BCUT2D eigenvalue weighted by atomic mass is 14.7. The number of rotatable bonds is 4. The molecule has 0 spiro atoms. The van der Waals surface area contributed by atoms with Gasteiger partial charge in [0.05, 0.1) is 12.4 Å². The van der Waals surface area contributed by atoms with Gasteiger partial charge in [-0.1, -0.05) is 18.2 Å². The standard InChI is InChI=1S/C12H17N3/c1-9-4-3-5-11(10(9)2)8-15-7-6-12(13)14/h3-5,7H,6,8H2,1-2H3,(H3,13,14). The molecule has 0 heterocycles. The van der Waals surface area contributed by atoms with Gasteiger partial charge in [-0.3, -0.25) is 10.4 Å². The predicted molar refractivity (Wildman–Crippen MR) is 64.6 cm³/mol. The normalized spacial score (nSPS) is 10.8. The molecule has 0 amide bonds. The molecule has 3 N–H and O–H groups in total. The summed E-state index contributed by atoms with van der Waals surface area (Å²) >= 11 is 0. The van der Waals surface area contributed by atoms with E-state index in [0.29, 0.717) is 13.0 Å². The highest BCUT2D eigenvalue weighted by Crippen LogP contribution is 2.13. The zero-order valence-electron chi connectivity index (χ0n) is 9.25. The molecule has 1 aromatic carbocycles. The van der Waals surface area contributed by atoms with Gasteiger partial charge in [0.15, 0.2) is 0 Å². The summed E-state index contributed by atoms with van der Waals surface area (Å²) in [5, 5.41) is 7.04. The van der Waals surface area contributed by atoms with Crippen molar-refractivity contribution in [1.29, 1.82) is 5.41 Å². The second-order valence-corrected chi connectivity index (χ2v) is 3.61. The third-order valence-electron chi connectivity index (χ3n) is 2.42. The lowest BCUT2D eigenvalue weighted by Crippen LogP contribution is -2.09. The Morgan fingerprint density at radius 1 is 1.47 bits per heavy atom. The van der Waals surface area contributed by atoms with E-state index in [9.17, 15) is 0 Å². The number of aryl methyl sites for hydroxylation is 1. The second kappa shape index (κ2) is 5.29. The zero-order valence-corrected chi connectivity index (χ0v) is 9.25. The third-order valence-corrected chi connectivity index (χ3v) is 2.42. The van der Waals surface area contributed by atoms with Crippen LogP contribution in [0.1, 0.15) is 23.1 Å². The van der Waals surface area contributed by atoms with E-state index in [1.54, 1.807) is 6.21 Å². The summed E-state index contributed by atoms with van der Waals surface area (Å²) in [6.07, 6.45) is 2.13. The zero-order chi connectivity index (χ0) is 11.3. The fourth-order valence-corrected chi connectivity index (χ4v) is 1.31. The molecule has 3 nitrogen and oxygen atoms in total. The van der Waals surface area contributed by atoms with Crippen LogP contribution in [0, 0.1) is 19.3 Å². The molecule has 0 aromatic heterocycles. The topological polar surface area (TPSA) is 62.2 Å². The first-order valence-corrected chi connectivity index (χ1v) is 4.97. The highest BCUT2D eigenvalue weighted by molar-refractivity contribution is 5.90. The summed E-state index contributed by atoms with van der Waals surface area (Å²) in [7, 11) is 0. The maximum atomic E-state index is 7.04. The van der Waals surface area contributed by atoms with Gasteiger partial charge in [-0.15, -0.1) is 0 Å². The van der Waals surface area contributed by atoms with Crippen molar-refractivity contribution in [2.45, 2.75) is 26.8 Å². The molecule has 1 aromatic rings. The summed E-state index contributed by atoms with van der Waals surface area (Å²) in [6, 6.07) is 6.21. The fraction of sp³-hybridized carbons (Fsp3) is 0.333. The maximum absolute atomic E-state index is 7.04. The van der Waals surface area contributed by atoms with Crippen molar-refractivity contribution < 1.29 is 0 Å². The van der Waals surface area contributed by atoms with Gasteiger partial charge >= 0.3 is 0 Å². The van der Waals surface area contributed by atoms with Crippen LogP contribution in [0.25, 0.3) is 0 Å². The molecule has 0 saturated carbocycles. The molecule has 0 saturated heterocycles. The van der Waals surface area contributed by atoms with Gasteiger partial charge in [0, 0.05) is 12.6 Å². The lowest BCUT2D eigenvalue weighted by molar-refractivity contribution is 1.04. The Kier molecular flexibility index (Phi) is 4.03. The summed E-state index contributed by atoms with van der Waals surface area (Å²) in [4.78, 5) is 4.24. The van der Waals surface area contributed by atoms with Gasteiger partial charge in [-0.25, -0.2) is 0 Å². The van der Waals surface area contributed by atoms with Crippen LogP contribution < -0.4 is 5.73 Å². The van der Waals surface area contributed by atoms with Crippen molar-refractivity contribution in [3.05, 3.63) is 34.9 Å². The van der Waals surface area contributed by atoms with E-state index in [1.165, 1.54) is 16.7 Å². The van der Waals surface area contributed by atoms with Gasteiger partial charge in [-0.05, 0) is 30.5 Å². The Morgan fingerprint density at radius 3 is 2.87 bits per heavy atom. The molecule has 0 fully saturated rings. The summed E-state index contributed by atoms with van der Waals surface area (Å²) in [5.41, 5.74) is 9.02. The van der Waals surface area contributed by atoms with E-state index in [2.05, 4.69) is 31.0 Å². The van der Waals surface area contributed by atoms with Crippen molar-refractivity contribution >= 4 is 12.1 Å². The fourth-order valence-electron chi connectivity index (χ4n) is 1.31. The molecule has 0 radical (unpaired) electrons. The molecule has 0 aliphatic heterocycles. The number of benzene rings is 1. The number of hydrogen-bond acceptors (Lipinski definition) is 2. The molecule has 0 aliphatic carbocycles. The Hall–Kier alpha value is -1.64. The van der Waals surface area contributed by atoms with Crippen LogP contribution in [0.2, 0.25) is 0 Å². The predicted octanol–water partition coefficient (Wildman–Crippen LogP) is 2.20. The molecule has 15 heavy (non-hydrogen) atoms. The van der Waals surface area contributed by atoms with E-state index >= 15 is 0 Å². The molecule has 3 heteroatoms. The molecule has 1 rings (SSSR count). The average molecular weight is 203 g/mol. The Balaban J connectivity index is 2.61. The van der Waals surface area contributed by atoms with Crippen molar-refractivity contribution in [3.63, 3.8) is 0 Å². The molecule has 0 atom stereocenters. The largest absolute Gasteiger partial charge is 0.387 e. The van der Waals surface area contributed by atoms with E-state index in [4.69, 9.17) is 11.1 Å². The highest BCUT2D eigenvalue weighted by Gasteiger charge is 1.98. The monoisotopic (exact) mass is 203 g/mol. The molecule has 0 unspecified atom stereocenters. The molecule has 80 valence electrons. The number of nitrogens with two attached hydrogens (primary N) is 1. The van der Waals surface area contributed by atoms with Crippen LogP contribution in [0.4, 0.5) is 0 Å². The Labute approximate surface area is 90.5 Å². The summed E-state index contributed by atoms with van der Waals surface area (Å²) in [6.45, 7) is 4.87. The SMILES string of the molecule is Cc1cccc(CN=CCC(=N)N)c1C. The van der Waals surface area contributed by atoms with Gasteiger partial charge in [0.25, 0.3) is 0 Å².